The molecule has 0 atom stereocenters. The van der Waals surface area contributed by atoms with Crippen molar-refractivity contribution in [3.63, 3.8) is 0 Å². The van der Waals surface area contributed by atoms with Crippen molar-refractivity contribution in [3.05, 3.63) is 16.4 Å². The monoisotopic (exact) mass is 188 g/mol. The molecule has 1 aromatic rings. The minimum Gasteiger partial charge on any atom is -0.392 e. The van der Waals surface area contributed by atoms with Crippen LogP contribution in [-0.2, 0) is 4.89 Å². The first kappa shape index (κ1) is 9.85. The van der Waals surface area contributed by atoms with Gasteiger partial charge in [0.15, 0.2) is 5.76 Å². The highest BCUT2D eigenvalue weighted by Crippen LogP contribution is 2.17. The van der Waals surface area contributed by atoms with E-state index in [2.05, 4.69) is 8.83 Å². The second kappa shape index (κ2) is 3.26. The van der Waals surface area contributed by atoms with Crippen LogP contribution in [0.1, 0.15) is 26.5 Å². The van der Waals surface area contributed by atoms with Crippen molar-refractivity contribution in [3.8, 4) is 5.95 Å². The van der Waals surface area contributed by atoms with Crippen LogP contribution in [-0.4, -0.2) is 5.60 Å². The molecule has 0 spiro atoms. The van der Waals surface area contributed by atoms with Crippen molar-refractivity contribution < 1.29 is 18.6 Å². The van der Waals surface area contributed by atoms with E-state index >= 15 is 0 Å². The lowest BCUT2D eigenvalue weighted by molar-refractivity contribution is -0.284. The average molecular weight is 188 g/mol. The summed E-state index contributed by atoms with van der Waals surface area (Å²) in [6.07, 6.45) is 0. The molecule has 0 aliphatic heterocycles. The average Bonchev–Trinajstić information content (AvgIpc) is 2.24. The first-order chi connectivity index (χ1) is 5.88. The molecule has 0 fully saturated rings. The molecule has 0 amide bonds. The molecule has 0 saturated heterocycles. The fraction of sp³-hybridized carbons (Fsp3) is 0.625. The van der Waals surface area contributed by atoms with Crippen molar-refractivity contribution in [2.75, 3.05) is 0 Å². The zero-order chi connectivity index (χ0) is 10.1. The van der Waals surface area contributed by atoms with Crippen molar-refractivity contribution >= 4 is 0 Å². The third kappa shape index (κ3) is 2.95. The predicted octanol–water partition coefficient (Wildman–Crippen LogP) is 1.65. The van der Waals surface area contributed by atoms with Crippen LogP contribution in [0.5, 0.6) is 5.95 Å². The summed E-state index contributed by atoms with van der Waals surface area (Å²) in [5.41, 5.74) is -0.470. The van der Waals surface area contributed by atoms with Crippen molar-refractivity contribution in [1.82, 2.24) is 0 Å². The number of rotatable bonds is 2. The van der Waals surface area contributed by atoms with E-state index in [9.17, 15) is 4.79 Å². The topological polar surface area (TPSA) is 61.8 Å². The quantitative estimate of drug-likeness (QED) is 0.521. The first-order valence-electron chi connectivity index (χ1n) is 3.85. The maximum atomic E-state index is 10.6. The summed E-state index contributed by atoms with van der Waals surface area (Å²) in [5, 5.41) is 0. The Labute approximate surface area is 75.2 Å². The molecular weight excluding hydrogens is 176 g/mol. The van der Waals surface area contributed by atoms with E-state index in [0.29, 0.717) is 0 Å². The minimum atomic E-state index is -0.801. The summed E-state index contributed by atoms with van der Waals surface area (Å²) in [4.78, 5) is 20.2. The normalized spacial score (nSPS) is 11.7. The van der Waals surface area contributed by atoms with Gasteiger partial charge in [0, 0.05) is 6.92 Å². The number of aryl methyl sites for hydroxylation is 1. The highest BCUT2D eigenvalue weighted by molar-refractivity contribution is 5.05. The Balaban J connectivity index is 2.65. The van der Waals surface area contributed by atoms with Crippen LogP contribution in [0.4, 0.5) is 0 Å². The van der Waals surface area contributed by atoms with Crippen LogP contribution in [0, 0.1) is 6.92 Å². The van der Waals surface area contributed by atoms with Gasteiger partial charge in [0.25, 0.3) is 0 Å². The minimum absolute atomic E-state index is 0.0417. The Morgan fingerprint density at radius 1 is 1.23 bits per heavy atom. The van der Waals surface area contributed by atoms with Gasteiger partial charge in [-0.3, -0.25) is 4.89 Å². The molecule has 5 nitrogen and oxygen atoms in total. The van der Waals surface area contributed by atoms with Gasteiger partial charge in [-0.2, -0.15) is 4.89 Å². The van der Waals surface area contributed by atoms with Gasteiger partial charge in [0.2, 0.25) is 0 Å². The second-order valence-electron chi connectivity index (χ2n) is 3.58. The Morgan fingerprint density at radius 2 is 1.85 bits per heavy atom. The highest BCUT2D eigenvalue weighted by Gasteiger charge is 2.17. The molecule has 0 bridgehead atoms. The van der Waals surface area contributed by atoms with E-state index < -0.39 is 11.4 Å². The molecule has 1 rings (SSSR count). The van der Waals surface area contributed by atoms with E-state index in [0.717, 1.165) is 0 Å². The molecule has 74 valence electrons. The molecule has 0 N–H and O–H groups in total. The molecule has 0 radical (unpaired) electrons. The van der Waals surface area contributed by atoms with E-state index in [4.69, 9.17) is 9.78 Å². The lowest BCUT2D eigenvalue weighted by atomic mass is 10.2. The molecule has 0 aliphatic rings. The van der Waals surface area contributed by atoms with E-state index in [-0.39, 0.29) is 11.7 Å². The zero-order valence-corrected chi connectivity index (χ0v) is 8.04. The van der Waals surface area contributed by atoms with Gasteiger partial charge in [-0.1, -0.05) is 0 Å². The summed E-state index contributed by atoms with van der Waals surface area (Å²) in [7, 11) is 0. The molecule has 5 heteroatoms. The molecule has 0 aliphatic carbocycles. The molecule has 0 aromatic carbocycles. The van der Waals surface area contributed by atoms with E-state index in [1.807, 2.05) is 0 Å². The largest absolute Gasteiger partial charge is 0.521 e. The van der Waals surface area contributed by atoms with Crippen LogP contribution < -0.4 is 10.7 Å². The third-order valence-corrected chi connectivity index (χ3v) is 1.07. The number of hydrogen-bond donors (Lipinski definition) is 0. The van der Waals surface area contributed by atoms with E-state index in [1.165, 1.54) is 0 Å². The van der Waals surface area contributed by atoms with Crippen molar-refractivity contribution in [2.45, 2.75) is 33.3 Å². The fourth-order valence-electron chi connectivity index (χ4n) is 0.574. The lowest BCUT2D eigenvalue weighted by Crippen LogP contribution is -2.21. The van der Waals surface area contributed by atoms with Crippen molar-refractivity contribution in [2.24, 2.45) is 0 Å². The maximum absolute atomic E-state index is 10.6. The first-order valence-corrected chi connectivity index (χ1v) is 3.85. The fourth-order valence-corrected chi connectivity index (χ4v) is 0.574. The van der Waals surface area contributed by atoms with Gasteiger partial charge in [-0.15, -0.1) is 0 Å². The molecule has 1 heterocycles. The standard InChI is InChI=1S/C8H12O5/c1-5-6(11-7(9)10-5)12-13-8(2,3)4/h1-4H3. The molecule has 13 heavy (non-hydrogen) atoms. The molecular formula is C8H12O5. The molecule has 0 unspecified atom stereocenters. The smallest absolute Gasteiger partial charge is 0.392 e. The van der Waals surface area contributed by atoms with Crippen LogP contribution in [0.2, 0.25) is 0 Å². The second-order valence-corrected chi connectivity index (χ2v) is 3.58. The van der Waals surface area contributed by atoms with Gasteiger partial charge in [0.05, 0.1) is 0 Å². The summed E-state index contributed by atoms with van der Waals surface area (Å²) in [6, 6.07) is 0. The van der Waals surface area contributed by atoms with E-state index in [1.54, 1.807) is 27.7 Å². The lowest BCUT2D eigenvalue weighted by Gasteiger charge is -2.15. The summed E-state index contributed by atoms with van der Waals surface area (Å²) in [6.45, 7) is 6.97. The third-order valence-electron chi connectivity index (χ3n) is 1.07. The van der Waals surface area contributed by atoms with Gasteiger partial charge < -0.3 is 8.83 Å². The van der Waals surface area contributed by atoms with Gasteiger partial charge in [-0.05, 0) is 20.8 Å². The predicted molar refractivity (Wildman–Crippen MR) is 43.4 cm³/mol. The summed E-state index contributed by atoms with van der Waals surface area (Å²) in [5.74, 6) is -0.584. The Bertz CT molecular complexity index is 327. The van der Waals surface area contributed by atoms with Crippen LogP contribution in [0.15, 0.2) is 13.6 Å². The van der Waals surface area contributed by atoms with Crippen molar-refractivity contribution in [1.29, 1.82) is 0 Å². The maximum Gasteiger partial charge on any atom is 0.521 e. The van der Waals surface area contributed by atoms with Gasteiger partial charge in [0.1, 0.15) is 5.60 Å². The zero-order valence-electron chi connectivity index (χ0n) is 8.04. The van der Waals surface area contributed by atoms with Gasteiger partial charge in [-0.25, -0.2) is 4.79 Å². The summed E-state index contributed by atoms with van der Waals surface area (Å²) >= 11 is 0. The molecule has 0 saturated carbocycles. The van der Waals surface area contributed by atoms with Crippen LogP contribution >= 0.6 is 0 Å². The summed E-state index contributed by atoms with van der Waals surface area (Å²) < 4.78 is 9.09. The molecule has 1 aromatic heterocycles. The Hall–Kier alpha value is -1.23. The van der Waals surface area contributed by atoms with Crippen LogP contribution in [0.3, 0.4) is 0 Å². The van der Waals surface area contributed by atoms with Gasteiger partial charge >= 0.3 is 11.8 Å². The van der Waals surface area contributed by atoms with Crippen LogP contribution in [0.25, 0.3) is 0 Å². The number of hydrogen-bond acceptors (Lipinski definition) is 5. The Morgan fingerprint density at radius 3 is 2.23 bits per heavy atom. The SMILES string of the molecule is Cc1oc(=O)oc1OOC(C)(C)C. The highest BCUT2D eigenvalue weighted by atomic mass is 17.2. The Kier molecular flexibility index (Phi) is 2.47.